The van der Waals surface area contributed by atoms with Gasteiger partial charge in [-0.1, -0.05) is 89.4 Å². The Labute approximate surface area is 261 Å². The lowest BCUT2D eigenvalue weighted by molar-refractivity contribution is -0.140. The zero-order valence-electron chi connectivity index (χ0n) is 23.4. The Bertz CT molecular complexity index is 1490. The number of sulfonamides is 1. The Hall–Kier alpha value is -2.59. The number of hydrogen-bond donors (Lipinski definition) is 1. The van der Waals surface area contributed by atoms with Crippen LogP contribution >= 0.6 is 39.1 Å². The van der Waals surface area contributed by atoms with Crippen LogP contribution in [-0.4, -0.2) is 50.5 Å². The van der Waals surface area contributed by atoms with E-state index in [2.05, 4.69) is 21.2 Å². The molecule has 0 aliphatic rings. The van der Waals surface area contributed by atoms with Crippen LogP contribution in [0.4, 0.5) is 5.69 Å². The molecule has 2 amide bonds. The molecule has 3 rings (SSSR count). The zero-order chi connectivity index (χ0) is 30.3. The van der Waals surface area contributed by atoms with E-state index in [9.17, 15) is 18.0 Å². The van der Waals surface area contributed by atoms with Gasteiger partial charge in [0.25, 0.3) is 0 Å². The minimum absolute atomic E-state index is 0.0294. The molecule has 1 N–H and O–H groups in total. The molecule has 0 saturated carbocycles. The van der Waals surface area contributed by atoms with Crippen LogP contribution in [0.3, 0.4) is 0 Å². The summed E-state index contributed by atoms with van der Waals surface area (Å²) in [6.07, 6.45) is 1.27. The van der Waals surface area contributed by atoms with Crippen LogP contribution in [0, 0.1) is 12.8 Å². The predicted molar refractivity (Wildman–Crippen MR) is 170 cm³/mol. The van der Waals surface area contributed by atoms with Crippen molar-refractivity contribution < 1.29 is 18.0 Å². The third-order valence-corrected chi connectivity index (χ3v) is 9.04. The molecule has 0 aromatic heterocycles. The Morgan fingerprint density at radius 2 is 1.68 bits per heavy atom. The van der Waals surface area contributed by atoms with Gasteiger partial charge >= 0.3 is 0 Å². The number of carbonyl (C=O) groups excluding carboxylic acids is 2. The molecule has 0 heterocycles. The van der Waals surface area contributed by atoms with Crippen molar-refractivity contribution >= 4 is 66.7 Å². The lowest BCUT2D eigenvalue weighted by atomic mass is 10.0. The van der Waals surface area contributed by atoms with E-state index in [0.717, 1.165) is 26.2 Å². The topological polar surface area (TPSA) is 86.8 Å². The summed E-state index contributed by atoms with van der Waals surface area (Å²) in [6, 6.07) is 18.4. The van der Waals surface area contributed by atoms with Crippen molar-refractivity contribution in [2.45, 2.75) is 39.8 Å². The number of benzene rings is 3. The molecular formula is C30H34BrCl2N3O4S. The van der Waals surface area contributed by atoms with Gasteiger partial charge in [-0.05, 0) is 59.9 Å². The number of nitrogens with one attached hydrogen (secondary N) is 1. The highest BCUT2D eigenvalue weighted by Gasteiger charge is 2.33. The molecule has 0 fully saturated rings. The van der Waals surface area contributed by atoms with E-state index in [-0.39, 0.29) is 24.8 Å². The van der Waals surface area contributed by atoms with Crippen molar-refractivity contribution in [2.24, 2.45) is 5.92 Å². The average Bonchev–Trinajstić information content (AvgIpc) is 2.90. The molecule has 0 bridgehead atoms. The van der Waals surface area contributed by atoms with Gasteiger partial charge in [-0.15, -0.1) is 0 Å². The molecule has 11 heteroatoms. The maximum Gasteiger partial charge on any atom is 0.244 e. The van der Waals surface area contributed by atoms with Crippen LogP contribution in [0.15, 0.2) is 71.2 Å². The summed E-state index contributed by atoms with van der Waals surface area (Å²) in [6.45, 7) is 5.67. The van der Waals surface area contributed by atoms with Gasteiger partial charge in [-0.2, -0.15) is 0 Å². The monoisotopic (exact) mass is 681 g/mol. The molecule has 41 heavy (non-hydrogen) atoms. The van der Waals surface area contributed by atoms with E-state index in [1.807, 2.05) is 51.1 Å². The summed E-state index contributed by atoms with van der Waals surface area (Å²) in [5.41, 5.74) is 2.57. The van der Waals surface area contributed by atoms with Crippen molar-refractivity contribution in [1.82, 2.24) is 10.2 Å². The van der Waals surface area contributed by atoms with E-state index < -0.39 is 28.5 Å². The zero-order valence-corrected chi connectivity index (χ0v) is 27.3. The van der Waals surface area contributed by atoms with Crippen molar-refractivity contribution in [3.8, 4) is 0 Å². The fourth-order valence-corrected chi connectivity index (χ4v) is 5.76. The molecular weight excluding hydrogens is 649 g/mol. The Morgan fingerprint density at radius 1 is 1.00 bits per heavy atom. The van der Waals surface area contributed by atoms with E-state index in [0.29, 0.717) is 27.8 Å². The van der Waals surface area contributed by atoms with Crippen LogP contribution in [0.1, 0.15) is 30.5 Å². The number of hydrogen-bond acceptors (Lipinski definition) is 4. The Kier molecular flexibility index (Phi) is 11.7. The minimum atomic E-state index is -3.86. The van der Waals surface area contributed by atoms with Crippen LogP contribution in [0.2, 0.25) is 10.0 Å². The molecule has 3 aromatic carbocycles. The van der Waals surface area contributed by atoms with Crippen molar-refractivity contribution in [2.75, 3.05) is 23.7 Å². The molecule has 1 unspecified atom stereocenters. The normalized spacial score (nSPS) is 12.2. The fourth-order valence-electron chi connectivity index (χ4n) is 4.21. The highest BCUT2D eigenvalue weighted by molar-refractivity contribution is 9.10. The van der Waals surface area contributed by atoms with E-state index in [1.54, 1.807) is 36.4 Å². The Morgan fingerprint density at radius 3 is 2.27 bits per heavy atom. The first-order valence-electron chi connectivity index (χ1n) is 13.0. The van der Waals surface area contributed by atoms with Crippen LogP contribution in [0.5, 0.6) is 0 Å². The third-order valence-electron chi connectivity index (χ3n) is 6.42. The Balaban J connectivity index is 2.08. The first-order valence-corrected chi connectivity index (χ1v) is 16.4. The minimum Gasteiger partial charge on any atom is -0.354 e. The molecule has 0 radical (unpaired) electrons. The number of rotatable bonds is 12. The maximum atomic E-state index is 14.1. The third kappa shape index (κ3) is 9.46. The summed E-state index contributed by atoms with van der Waals surface area (Å²) < 4.78 is 27.7. The molecule has 220 valence electrons. The first kappa shape index (κ1) is 32.9. The van der Waals surface area contributed by atoms with Crippen molar-refractivity contribution in [1.29, 1.82) is 0 Å². The van der Waals surface area contributed by atoms with Crippen LogP contribution in [-0.2, 0) is 32.6 Å². The summed E-state index contributed by atoms with van der Waals surface area (Å²) in [5.74, 6) is -0.707. The van der Waals surface area contributed by atoms with Gasteiger partial charge in [-0.3, -0.25) is 13.9 Å². The number of carbonyl (C=O) groups is 2. The summed E-state index contributed by atoms with van der Waals surface area (Å²) in [7, 11) is -3.86. The molecule has 7 nitrogen and oxygen atoms in total. The highest BCUT2D eigenvalue weighted by atomic mass is 79.9. The molecule has 0 aliphatic heterocycles. The van der Waals surface area contributed by atoms with E-state index in [4.69, 9.17) is 23.2 Å². The van der Waals surface area contributed by atoms with Crippen molar-refractivity contribution in [3.05, 3.63) is 97.9 Å². The largest absolute Gasteiger partial charge is 0.354 e. The van der Waals surface area contributed by atoms with Crippen LogP contribution < -0.4 is 9.62 Å². The molecule has 3 aromatic rings. The second-order valence-corrected chi connectivity index (χ2v) is 13.9. The standard InChI is InChI=1S/C30H34BrCl2N3O4S/c1-20(2)17-34-30(38)28(15-22-8-6-5-7-9-22)35(18-23-10-11-24(32)16-27(23)33)29(37)19-36(41(4,39)40)25-12-13-26(31)21(3)14-25/h5-14,16,20,28H,15,17-19H2,1-4H3,(H,34,38). The number of nitrogens with zero attached hydrogens (tertiary/aromatic N) is 2. The fraction of sp³-hybridized carbons (Fsp3) is 0.333. The number of amides is 2. The molecule has 0 saturated heterocycles. The van der Waals surface area contributed by atoms with E-state index >= 15 is 0 Å². The highest BCUT2D eigenvalue weighted by Crippen LogP contribution is 2.27. The molecule has 1 atom stereocenters. The van der Waals surface area contributed by atoms with Gasteiger partial charge in [0.05, 0.1) is 11.9 Å². The number of aryl methyl sites for hydroxylation is 1. The lowest BCUT2D eigenvalue weighted by Crippen LogP contribution is -2.53. The van der Waals surface area contributed by atoms with Crippen molar-refractivity contribution in [3.63, 3.8) is 0 Å². The van der Waals surface area contributed by atoms with E-state index in [1.165, 1.54) is 4.90 Å². The lowest BCUT2D eigenvalue weighted by Gasteiger charge is -2.34. The maximum absolute atomic E-state index is 14.1. The second kappa shape index (κ2) is 14.5. The average molecular weight is 683 g/mol. The van der Waals surface area contributed by atoms with Gasteiger partial charge in [0.1, 0.15) is 12.6 Å². The van der Waals surface area contributed by atoms with Gasteiger partial charge in [0, 0.05) is 34.0 Å². The molecule has 0 aliphatic carbocycles. The summed E-state index contributed by atoms with van der Waals surface area (Å²) in [5, 5.41) is 3.72. The molecule has 0 spiro atoms. The smallest absolute Gasteiger partial charge is 0.244 e. The summed E-state index contributed by atoms with van der Waals surface area (Å²) >= 11 is 16.0. The van der Waals surface area contributed by atoms with Crippen LogP contribution in [0.25, 0.3) is 0 Å². The quantitative estimate of drug-likeness (QED) is 0.245. The second-order valence-electron chi connectivity index (χ2n) is 10.3. The summed E-state index contributed by atoms with van der Waals surface area (Å²) in [4.78, 5) is 29.2. The van der Waals surface area contributed by atoms with Gasteiger partial charge < -0.3 is 10.2 Å². The predicted octanol–water partition coefficient (Wildman–Crippen LogP) is 6.24. The number of anilines is 1. The first-order chi connectivity index (χ1) is 19.3. The van der Waals surface area contributed by atoms with Gasteiger partial charge in [0.15, 0.2) is 0 Å². The van der Waals surface area contributed by atoms with Gasteiger partial charge in [0.2, 0.25) is 21.8 Å². The van der Waals surface area contributed by atoms with Gasteiger partial charge in [-0.25, -0.2) is 8.42 Å². The number of halogens is 3. The SMILES string of the molecule is Cc1cc(N(CC(=O)N(Cc2ccc(Cl)cc2Cl)C(Cc2ccccc2)C(=O)NCC(C)C)S(C)(=O)=O)ccc1Br.